The van der Waals surface area contributed by atoms with Crippen LogP contribution in [-0.2, 0) is 10.0 Å². The number of pyridine rings is 1. The summed E-state index contributed by atoms with van der Waals surface area (Å²) in [5.74, 6) is 0. The SMILES string of the molecule is CC(C)N(C)CCCNS(=O)(=O)c1cnccc1N. The van der Waals surface area contributed by atoms with Crippen LogP contribution in [0.2, 0.25) is 0 Å². The zero-order valence-electron chi connectivity index (χ0n) is 11.6. The van der Waals surface area contributed by atoms with Crippen LogP contribution in [-0.4, -0.2) is 44.5 Å². The summed E-state index contributed by atoms with van der Waals surface area (Å²) >= 11 is 0. The normalized spacial score (nSPS) is 12.3. The van der Waals surface area contributed by atoms with Crippen molar-refractivity contribution >= 4 is 15.7 Å². The fourth-order valence-corrected chi connectivity index (χ4v) is 2.63. The lowest BCUT2D eigenvalue weighted by Crippen LogP contribution is -2.31. The molecule has 0 atom stereocenters. The van der Waals surface area contributed by atoms with Gasteiger partial charge < -0.3 is 10.6 Å². The maximum Gasteiger partial charge on any atom is 0.244 e. The molecular formula is C12H22N4O2S. The number of sulfonamides is 1. The van der Waals surface area contributed by atoms with Crippen LogP contribution < -0.4 is 10.5 Å². The standard InChI is InChI=1S/C12H22N4O2S/c1-10(2)16(3)8-4-6-15-19(17,18)12-9-14-7-5-11(12)13/h5,7,9-10,15H,4,6,8H2,1-3H3,(H2,13,14). The molecule has 0 bridgehead atoms. The fraction of sp³-hybridized carbons (Fsp3) is 0.583. The molecule has 0 aromatic carbocycles. The third kappa shape index (κ3) is 4.77. The van der Waals surface area contributed by atoms with Gasteiger partial charge >= 0.3 is 0 Å². The van der Waals surface area contributed by atoms with Crippen LogP contribution in [0.15, 0.2) is 23.4 Å². The first-order valence-electron chi connectivity index (χ1n) is 6.24. The predicted molar refractivity (Wildman–Crippen MR) is 76.2 cm³/mol. The van der Waals surface area contributed by atoms with Crippen molar-refractivity contribution in [3.05, 3.63) is 18.5 Å². The Morgan fingerprint density at radius 2 is 2.16 bits per heavy atom. The maximum absolute atomic E-state index is 12.0. The zero-order chi connectivity index (χ0) is 14.5. The van der Waals surface area contributed by atoms with Crippen molar-refractivity contribution in [2.45, 2.75) is 31.2 Å². The summed E-state index contributed by atoms with van der Waals surface area (Å²) in [5.41, 5.74) is 5.84. The van der Waals surface area contributed by atoms with Gasteiger partial charge in [-0.05, 0) is 39.9 Å². The number of hydrogen-bond acceptors (Lipinski definition) is 5. The number of nitrogens with two attached hydrogens (primary N) is 1. The molecule has 1 aromatic rings. The van der Waals surface area contributed by atoms with Crippen molar-refractivity contribution in [1.29, 1.82) is 0 Å². The first kappa shape index (κ1) is 15.9. The first-order chi connectivity index (χ1) is 8.84. The predicted octanol–water partition coefficient (Wildman–Crippen LogP) is 0.672. The highest BCUT2D eigenvalue weighted by atomic mass is 32.2. The van der Waals surface area contributed by atoms with Gasteiger partial charge in [-0.25, -0.2) is 13.1 Å². The van der Waals surface area contributed by atoms with Crippen LogP contribution >= 0.6 is 0 Å². The first-order valence-corrected chi connectivity index (χ1v) is 7.72. The molecule has 0 saturated heterocycles. The largest absolute Gasteiger partial charge is 0.398 e. The molecule has 0 aliphatic rings. The third-order valence-corrected chi connectivity index (χ3v) is 4.47. The van der Waals surface area contributed by atoms with Gasteiger partial charge in [0.05, 0.1) is 5.69 Å². The van der Waals surface area contributed by atoms with Gasteiger partial charge in [0.1, 0.15) is 4.90 Å². The van der Waals surface area contributed by atoms with E-state index in [2.05, 4.69) is 28.5 Å². The summed E-state index contributed by atoms with van der Waals surface area (Å²) < 4.78 is 26.5. The molecule has 0 aliphatic heterocycles. The van der Waals surface area contributed by atoms with E-state index in [1.807, 2.05) is 7.05 Å². The Balaban J connectivity index is 2.51. The molecular weight excluding hydrogens is 264 g/mol. The van der Waals surface area contributed by atoms with Gasteiger partial charge in [-0.15, -0.1) is 0 Å². The minimum Gasteiger partial charge on any atom is -0.398 e. The Labute approximate surface area is 115 Å². The monoisotopic (exact) mass is 286 g/mol. The van der Waals surface area contributed by atoms with E-state index >= 15 is 0 Å². The summed E-state index contributed by atoms with van der Waals surface area (Å²) in [6, 6.07) is 1.92. The van der Waals surface area contributed by atoms with Gasteiger partial charge in [0.25, 0.3) is 0 Å². The molecule has 1 rings (SSSR count). The van der Waals surface area contributed by atoms with E-state index in [0.717, 1.165) is 13.0 Å². The second kappa shape index (κ2) is 6.83. The van der Waals surface area contributed by atoms with Gasteiger partial charge in [-0.1, -0.05) is 0 Å². The lowest BCUT2D eigenvalue weighted by atomic mass is 10.3. The number of nitrogens with one attached hydrogen (secondary N) is 1. The fourth-order valence-electron chi connectivity index (χ4n) is 1.49. The molecule has 3 N–H and O–H groups in total. The second-order valence-corrected chi connectivity index (χ2v) is 6.47. The number of nitrogen functional groups attached to an aromatic ring is 1. The second-order valence-electron chi connectivity index (χ2n) is 4.74. The Bertz CT molecular complexity index is 502. The molecule has 0 amide bonds. The van der Waals surface area contributed by atoms with Crippen LogP contribution in [0.1, 0.15) is 20.3 Å². The smallest absolute Gasteiger partial charge is 0.244 e. The van der Waals surface area contributed by atoms with Gasteiger partial charge in [0.2, 0.25) is 10.0 Å². The van der Waals surface area contributed by atoms with Crippen molar-refractivity contribution in [3.63, 3.8) is 0 Å². The minimum atomic E-state index is -3.57. The summed E-state index contributed by atoms with van der Waals surface area (Å²) in [6.07, 6.45) is 3.47. The average Bonchev–Trinajstić information content (AvgIpc) is 2.34. The Morgan fingerprint density at radius 1 is 1.47 bits per heavy atom. The lowest BCUT2D eigenvalue weighted by molar-refractivity contribution is 0.271. The van der Waals surface area contributed by atoms with Crippen molar-refractivity contribution < 1.29 is 8.42 Å². The van der Waals surface area contributed by atoms with E-state index < -0.39 is 10.0 Å². The number of hydrogen-bond donors (Lipinski definition) is 2. The molecule has 1 aromatic heterocycles. The van der Waals surface area contributed by atoms with E-state index in [-0.39, 0.29) is 10.6 Å². The molecule has 0 spiro atoms. The summed E-state index contributed by atoms with van der Waals surface area (Å²) in [7, 11) is -1.55. The Hall–Kier alpha value is -1.18. The van der Waals surface area contributed by atoms with Gasteiger partial charge in [-0.2, -0.15) is 0 Å². The molecule has 0 unspecified atom stereocenters. The quantitative estimate of drug-likeness (QED) is 0.719. The Kier molecular flexibility index (Phi) is 5.71. The third-order valence-electron chi connectivity index (χ3n) is 2.97. The molecule has 0 saturated carbocycles. The molecule has 19 heavy (non-hydrogen) atoms. The van der Waals surface area contributed by atoms with Crippen molar-refractivity contribution in [2.75, 3.05) is 25.9 Å². The Morgan fingerprint density at radius 3 is 2.74 bits per heavy atom. The van der Waals surface area contributed by atoms with E-state index in [4.69, 9.17) is 5.73 Å². The summed E-state index contributed by atoms with van der Waals surface area (Å²) in [5, 5.41) is 0. The molecule has 108 valence electrons. The van der Waals surface area contributed by atoms with Gasteiger partial charge in [-0.3, -0.25) is 4.98 Å². The molecule has 0 aliphatic carbocycles. The lowest BCUT2D eigenvalue weighted by Gasteiger charge is -2.20. The highest BCUT2D eigenvalue weighted by molar-refractivity contribution is 7.89. The number of nitrogens with zero attached hydrogens (tertiary/aromatic N) is 2. The van der Waals surface area contributed by atoms with Crippen LogP contribution in [0, 0.1) is 0 Å². The summed E-state index contributed by atoms with van der Waals surface area (Å²) in [6.45, 7) is 5.41. The molecule has 1 heterocycles. The van der Waals surface area contributed by atoms with Gasteiger partial charge in [0, 0.05) is 25.0 Å². The van der Waals surface area contributed by atoms with E-state index in [0.29, 0.717) is 12.6 Å². The summed E-state index contributed by atoms with van der Waals surface area (Å²) in [4.78, 5) is 5.98. The molecule has 0 fully saturated rings. The zero-order valence-corrected chi connectivity index (χ0v) is 12.4. The van der Waals surface area contributed by atoms with Crippen LogP contribution in [0.25, 0.3) is 0 Å². The van der Waals surface area contributed by atoms with E-state index in [1.54, 1.807) is 0 Å². The van der Waals surface area contributed by atoms with Crippen molar-refractivity contribution in [3.8, 4) is 0 Å². The number of anilines is 1. The maximum atomic E-state index is 12.0. The van der Waals surface area contributed by atoms with Crippen LogP contribution in [0.4, 0.5) is 5.69 Å². The molecule has 6 nitrogen and oxygen atoms in total. The minimum absolute atomic E-state index is 0.0345. The highest BCUT2D eigenvalue weighted by Crippen LogP contribution is 2.15. The van der Waals surface area contributed by atoms with E-state index in [9.17, 15) is 8.42 Å². The van der Waals surface area contributed by atoms with Gasteiger partial charge in [0.15, 0.2) is 0 Å². The number of aromatic nitrogens is 1. The molecule has 0 radical (unpaired) electrons. The van der Waals surface area contributed by atoms with Crippen molar-refractivity contribution in [2.24, 2.45) is 0 Å². The molecule has 7 heteroatoms. The topological polar surface area (TPSA) is 88.3 Å². The number of rotatable bonds is 7. The van der Waals surface area contributed by atoms with Crippen molar-refractivity contribution in [1.82, 2.24) is 14.6 Å². The highest BCUT2D eigenvalue weighted by Gasteiger charge is 2.16. The van der Waals surface area contributed by atoms with Crippen LogP contribution in [0.3, 0.4) is 0 Å². The van der Waals surface area contributed by atoms with Crippen LogP contribution in [0.5, 0.6) is 0 Å². The average molecular weight is 286 g/mol. The van der Waals surface area contributed by atoms with E-state index in [1.165, 1.54) is 18.5 Å².